The van der Waals surface area contributed by atoms with E-state index in [1.807, 2.05) is 37.3 Å². The monoisotopic (exact) mass is 311 g/mol. The van der Waals surface area contributed by atoms with Crippen LogP contribution in [0.3, 0.4) is 0 Å². The number of phenols is 1. The van der Waals surface area contributed by atoms with E-state index < -0.39 is 5.97 Å². The van der Waals surface area contributed by atoms with Gasteiger partial charge >= 0.3 is 5.97 Å². The van der Waals surface area contributed by atoms with Gasteiger partial charge < -0.3 is 10.2 Å². The van der Waals surface area contributed by atoms with Crippen molar-refractivity contribution < 1.29 is 15.0 Å². The number of benzene rings is 2. The Hall–Kier alpha value is -2.89. The summed E-state index contributed by atoms with van der Waals surface area (Å²) in [5, 5.41) is 28.1. The fourth-order valence-corrected chi connectivity index (χ4v) is 2.53. The number of aryl methyl sites for hydroxylation is 2. The maximum Gasteiger partial charge on any atom is 0.303 e. The summed E-state index contributed by atoms with van der Waals surface area (Å²) in [6.07, 6.45) is 1.08. The third kappa shape index (κ3) is 3.01. The zero-order chi connectivity index (χ0) is 16.4. The van der Waals surface area contributed by atoms with E-state index in [0.717, 1.165) is 22.2 Å². The van der Waals surface area contributed by atoms with Crippen LogP contribution in [0.5, 0.6) is 5.75 Å². The summed E-state index contributed by atoms with van der Waals surface area (Å²) >= 11 is 0. The summed E-state index contributed by atoms with van der Waals surface area (Å²) in [4.78, 5) is 12.2. The Morgan fingerprint density at radius 2 is 1.83 bits per heavy atom. The lowest BCUT2D eigenvalue weighted by Gasteiger charge is -2.11. The largest absolute Gasteiger partial charge is 0.505 e. The van der Waals surface area contributed by atoms with E-state index in [4.69, 9.17) is 5.11 Å². The lowest BCUT2D eigenvalue weighted by molar-refractivity contribution is -0.136. The first kappa shape index (κ1) is 15.0. The van der Waals surface area contributed by atoms with Gasteiger partial charge in [0.05, 0.1) is 0 Å². The first-order valence-electron chi connectivity index (χ1n) is 7.47. The molecular weight excluding hydrogens is 294 g/mol. The number of aromatic hydroxyl groups is 1. The third-order valence-corrected chi connectivity index (χ3v) is 3.74. The second-order valence-electron chi connectivity index (χ2n) is 5.35. The molecule has 0 aliphatic carbocycles. The zero-order valence-corrected chi connectivity index (χ0v) is 12.7. The first-order valence-corrected chi connectivity index (χ1v) is 7.47. The topological polar surface area (TPSA) is 88.2 Å². The maximum absolute atomic E-state index is 10.8. The summed E-state index contributed by atoms with van der Waals surface area (Å²) in [6, 6.07) is 11.0. The minimum Gasteiger partial charge on any atom is -0.505 e. The molecule has 0 atom stereocenters. The molecule has 3 rings (SSSR count). The molecule has 0 aliphatic rings. The molecule has 1 aromatic heterocycles. The normalized spacial score (nSPS) is 11.0. The number of fused-ring (bicyclic) bond motifs is 1. The molecule has 0 fully saturated rings. The van der Waals surface area contributed by atoms with Gasteiger partial charge in [-0.3, -0.25) is 4.79 Å². The highest BCUT2D eigenvalue weighted by Gasteiger charge is 2.14. The van der Waals surface area contributed by atoms with Crippen LogP contribution < -0.4 is 0 Å². The number of carbonyl (C=O) groups is 1. The Balaban J connectivity index is 2.08. The van der Waals surface area contributed by atoms with Gasteiger partial charge in [-0.1, -0.05) is 25.1 Å². The van der Waals surface area contributed by atoms with Gasteiger partial charge in [0.2, 0.25) is 0 Å². The van der Waals surface area contributed by atoms with Crippen LogP contribution in [0.4, 0.5) is 0 Å². The molecule has 0 spiro atoms. The number of carboxylic acids is 1. The number of aliphatic carboxylic acids is 1. The number of aromatic nitrogens is 3. The van der Waals surface area contributed by atoms with E-state index in [1.165, 1.54) is 4.80 Å². The van der Waals surface area contributed by atoms with E-state index >= 15 is 0 Å². The number of nitrogens with zero attached hydrogens (tertiary/aromatic N) is 3. The van der Waals surface area contributed by atoms with Crippen molar-refractivity contribution in [2.75, 3.05) is 0 Å². The van der Waals surface area contributed by atoms with Crippen molar-refractivity contribution in [2.24, 2.45) is 0 Å². The Morgan fingerprint density at radius 1 is 1.17 bits per heavy atom. The average Bonchev–Trinajstić information content (AvgIpc) is 2.97. The van der Waals surface area contributed by atoms with Crippen LogP contribution >= 0.6 is 0 Å². The standard InChI is InChI=1S/C17H17N3O3/c1-2-12-9-11(7-8-16(21)22)10-15(17(12)23)20-18-13-5-3-4-6-14(13)19-20/h3-6,9-10,23H,2,7-8H2,1H3,(H,21,22). The minimum atomic E-state index is -0.847. The van der Waals surface area contributed by atoms with Crippen molar-refractivity contribution in [1.82, 2.24) is 15.0 Å². The van der Waals surface area contributed by atoms with Crippen molar-refractivity contribution in [3.63, 3.8) is 0 Å². The van der Waals surface area contributed by atoms with Crippen LogP contribution in [-0.2, 0) is 17.6 Å². The molecule has 2 aromatic carbocycles. The summed E-state index contributed by atoms with van der Waals surface area (Å²) < 4.78 is 0. The fraction of sp³-hybridized carbons (Fsp3) is 0.235. The first-order chi connectivity index (χ1) is 11.1. The Kier molecular flexibility index (Phi) is 3.97. The lowest BCUT2D eigenvalue weighted by atomic mass is 10.0. The van der Waals surface area contributed by atoms with E-state index in [0.29, 0.717) is 18.5 Å². The molecule has 23 heavy (non-hydrogen) atoms. The number of phenolic OH excluding ortho intramolecular Hbond substituents is 1. The van der Waals surface area contributed by atoms with Gasteiger partial charge in [0.1, 0.15) is 22.5 Å². The molecule has 0 aliphatic heterocycles. The van der Waals surface area contributed by atoms with Gasteiger partial charge in [0.25, 0.3) is 0 Å². The highest BCUT2D eigenvalue weighted by Crippen LogP contribution is 2.29. The smallest absolute Gasteiger partial charge is 0.303 e. The molecule has 3 aromatic rings. The van der Waals surface area contributed by atoms with Crippen LogP contribution in [0.15, 0.2) is 36.4 Å². The van der Waals surface area contributed by atoms with Crippen molar-refractivity contribution in [3.05, 3.63) is 47.5 Å². The van der Waals surface area contributed by atoms with Crippen LogP contribution in [0.1, 0.15) is 24.5 Å². The highest BCUT2D eigenvalue weighted by molar-refractivity contribution is 5.73. The second kappa shape index (κ2) is 6.08. The molecule has 0 amide bonds. The fourth-order valence-electron chi connectivity index (χ4n) is 2.53. The summed E-state index contributed by atoms with van der Waals surface area (Å²) in [5.41, 5.74) is 3.55. The molecule has 0 saturated carbocycles. The summed E-state index contributed by atoms with van der Waals surface area (Å²) in [5.74, 6) is -0.715. The van der Waals surface area contributed by atoms with Gasteiger partial charge in [0, 0.05) is 6.42 Å². The van der Waals surface area contributed by atoms with Crippen molar-refractivity contribution in [2.45, 2.75) is 26.2 Å². The number of hydrogen-bond acceptors (Lipinski definition) is 4. The molecule has 1 heterocycles. The number of carboxylic acid groups (broad SMARTS) is 1. The van der Waals surface area contributed by atoms with E-state index in [2.05, 4.69) is 10.2 Å². The SMILES string of the molecule is CCc1cc(CCC(=O)O)cc(-n2nc3ccccc3n2)c1O. The summed E-state index contributed by atoms with van der Waals surface area (Å²) in [7, 11) is 0. The molecular formula is C17H17N3O3. The second-order valence-corrected chi connectivity index (χ2v) is 5.35. The quantitative estimate of drug-likeness (QED) is 0.756. The minimum absolute atomic E-state index is 0.0435. The van der Waals surface area contributed by atoms with Gasteiger partial charge in [0.15, 0.2) is 0 Å². The van der Waals surface area contributed by atoms with Crippen LogP contribution in [0.2, 0.25) is 0 Å². The van der Waals surface area contributed by atoms with Crippen LogP contribution in [0, 0.1) is 0 Å². The predicted molar refractivity (Wildman–Crippen MR) is 85.9 cm³/mol. The zero-order valence-electron chi connectivity index (χ0n) is 12.7. The Morgan fingerprint density at radius 3 is 2.39 bits per heavy atom. The summed E-state index contributed by atoms with van der Waals surface area (Å²) in [6.45, 7) is 1.94. The molecule has 6 nitrogen and oxygen atoms in total. The van der Waals surface area contributed by atoms with Gasteiger partial charge in [-0.15, -0.1) is 15.0 Å². The average molecular weight is 311 g/mol. The molecule has 2 N–H and O–H groups in total. The van der Waals surface area contributed by atoms with E-state index in [9.17, 15) is 9.90 Å². The molecule has 0 saturated heterocycles. The van der Waals surface area contributed by atoms with Gasteiger partial charge in [-0.05, 0) is 42.2 Å². The molecule has 118 valence electrons. The van der Waals surface area contributed by atoms with E-state index in [1.54, 1.807) is 6.07 Å². The molecule has 0 radical (unpaired) electrons. The maximum atomic E-state index is 10.8. The van der Waals surface area contributed by atoms with Gasteiger partial charge in [-0.2, -0.15) is 0 Å². The predicted octanol–water partition coefficient (Wildman–Crippen LogP) is 2.71. The number of hydrogen-bond donors (Lipinski definition) is 2. The van der Waals surface area contributed by atoms with Crippen molar-refractivity contribution in [3.8, 4) is 11.4 Å². The molecule has 0 bridgehead atoms. The molecule has 6 heteroatoms. The third-order valence-electron chi connectivity index (χ3n) is 3.74. The molecule has 0 unspecified atom stereocenters. The number of rotatable bonds is 5. The lowest BCUT2D eigenvalue weighted by Crippen LogP contribution is -2.04. The Labute approximate surface area is 133 Å². The van der Waals surface area contributed by atoms with Crippen LogP contribution in [0.25, 0.3) is 16.7 Å². The van der Waals surface area contributed by atoms with Crippen LogP contribution in [-0.4, -0.2) is 31.2 Å². The Bertz CT molecular complexity index is 838. The highest BCUT2D eigenvalue weighted by atomic mass is 16.4. The van der Waals surface area contributed by atoms with Crippen molar-refractivity contribution in [1.29, 1.82) is 0 Å². The van der Waals surface area contributed by atoms with E-state index in [-0.39, 0.29) is 12.2 Å². The van der Waals surface area contributed by atoms with Crippen molar-refractivity contribution >= 4 is 17.0 Å². The van der Waals surface area contributed by atoms with Gasteiger partial charge in [-0.25, -0.2) is 0 Å².